The maximum absolute atomic E-state index is 10.8. The van der Waals surface area contributed by atoms with Crippen LogP contribution in [-0.2, 0) is 13.1 Å². The minimum absolute atomic E-state index is 0.0106. The highest BCUT2D eigenvalue weighted by Crippen LogP contribution is 2.09. The van der Waals surface area contributed by atoms with Gasteiger partial charge in [0.15, 0.2) is 5.76 Å². The summed E-state index contributed by atoms with van der Waals surface area (Å²) in [5, 5.41) is 10.8. The van der Waals surface area contributed by atoms with Gasteiger partial charge >= 0.3 is 0 Å². The summed E-state index contributed by atoms with van der Waals surface area (Å²) in [5.41, 5.74) is 2.56. The van der Waals surface area contributed by atoms with Gasteiger partial charge in [0.25, 0.3) is 0 Å². The Labute approximate surface area is 131 Å². The first-order chi connectivity index (χ1) is 10.3. The number of rotatable bonds is 5. The monoisotopic (exact) mass is 301 g/mol. The van der Waals surface area contributed by atoms with E-state index in [0.29, 0.717) is 12.3 Å². The molecule has 0 amide bonds. The molecule has 0 aliphatic heterocycles. The van der Waals surface area contributed by atoms with Crippen LogP contribution >= 0.6 is 0 Å². The summed E-state index contributed by atoms with van der Waals surface area (Å²) in [6.07, 6.45) is 0. The van der Waals surface area contributed by atoms with E-state index in [0.717, 1.165) is 6.54 Å². The molecule has 0 saturated carbocycles. The Bertz CT molecular complexity index is 652. The normalized spacial score (nSPS) is 13.1. The average molecular weight is 301 g/mol. The molecule has 0 aliphatic carbocycles. The van der Waals surface area contributed by atoms with Crippen LogP contribution in [0.4, 0.5) is 0 Å². The lowest BCUT2D eigenvalue weighted by Gasteiger charge is -2.32. The third kappa shape index (κ3) is 3.98. The number of hydrogen-bond donors (Lipinski definition) is 1. The van der Waals surface area contributed by atoms with Crippen LogP contribution < -0.4 is 10.0 Å². The van der Waals surface area contributed by atoms with Gasteiger partial charge in [-0.15, -0.1) is 0 Å². The fourth-order valence-corrected chi connectivity index (χ4v) is 2.42. The Hall–Kier alpha value is -2.07. The van der Waals surface area contributed by atoms with Gasteiger partial charge in [-0.05, 0) is 45.4 Å². The topological polar surface area (TPSA) is 57.7 Å². The molecule has 0 spiro atoms. The first-order valence-electron chi connectivity index (χ1n) is 7.47. The molecule has 4 nitrogen and oxygen atoms in total. The lowest BCUT2D eigenvalue weighted by molar-refractivity contribution is -0.973. The fraction of sp³-hybridized carbons (Fsp3) is 0.389. The highest BCUT2D eigenvalue weighted by atomic mass is 16.4. The number of carboxylic acids is 1. The van der Waals surface area contributed by atoms with E-state index in [9.17, 15) is 9.90 Å². The zero-order valence-electron chi connectivity index (χ0n) is 13.6. The third-order valence-electron chi connectivity index (χ3n) is 3.98. The van der Waals surface area contributed by atoms with E-state index in [1.807, 2.05) is 12.1 Å². The number of aryl methyl sites for hydroxylation is 1. The smallest absolute Gasteiger partial charge is 0.159 e. The number of quaternary nitrogens is 1. The van der Waals surface area contributed by atoms with Crippen molar-refractivity contribution in [3.05, 3.63) is 59.0 Å². The van der Waals surface area contributed by atoms with Gasteiger partial charge in [-0.1, -0.05) is 24.3 Å². The number of furan rings is 1. The molecule has 2 aromatic rings. The summed E-state index contributed by atoms with van der Waals surface area (Å²) in [5.74, 6) is -0.723. The molecule has 1 atom stereocenters. The maximum Gasteiger partial charge on any atom is 0.159 e. The molecule has 0 bridgehead atoms. The summed E-state index contributed by atoms with van der Waals surface area (Å²) in [6, 6.07) is 11.5. The highest BCUT2D eigenvalue weighted by molar-refractivity contribution is 5.82. The van der Waals surface area contributed by atoms with Crippen LogP contribution in [-0.4, -0.2) is 11.5 Å². The quantitative estimate of drug-likeness (QED) is 0.906. The molecule has 4 heteroatoms. The van der Waals surface area contributed by atoms with Gasteiger partial charge in [-0.25, -0.2) is 0 Å². The second-order valence-corrected chi connectivity index (χ2v) is 6.69. The average Bonchev–Trinajstić information content (AvgIpc) is 2.88. The molecular formula is C18H23NO3. The number of hydrogen-bond acceptors (Lipinski definition) is 3. The van der Waals surface area contributed by atoms with Gasteiger partial charge in [0, 0.05) is 5.56 Å². The first kappa shape index (κ1) is 16.3. The summed E-state index contributed by atoms with van der Waals surface area (Å²) in [7, 11) is 0. The van der Waals surface area contributed by atoms with Crippen molar-refractivity contribution in [1.29, 1.82) is 0 Å². The highest BCUT2D eigenvalue weighted by Gasteiger charge is 2.27. The van der Waals surface area contributed by atoms with E-state index in [4.69, 9.17) is 4.42 Å². The molecule has 1 unspecified atom stereocenters. The zero-order valence-corrected chi connectivity index (χ0v) is 13.6. The number of carbonyl (C=O) groups excluding carboxylic acids is 1. The van der Waals surface area contributed by atoms with Crippen LogP contribution in [0, 0.1) is 6.92 Å². The van der Waals surface area contributed by atoms with Gasteiger partial charge < -0.3 is 19.2 Å². The molecule has 0 fully saturated rings. The zero-order chi connectivity index (χ0) is 16.3. The summed E-state index contributed by atoms with van der Waals surface area (Å²) >= 11 is 0. The number of benzene rings is 1. The van der Waals surface area contributed by atoms with Crippen molar-refractivity contribution in [1.82, 2.24) is 0 Å². The molecule has 1 aromatic carbocycles. The second kappa shape index (κ2) is 6.36. The van der Waals surface area contributed by atoms with Crippen LogP contribution in [0.5, 0.6) is 0 Å². The molecular weight excluding hydrogens is 278 g/mol. The molecule has 1 N–H and O–H groups in total. The summed E-state index contributed by atoms with van der Waals surface area (Å²) in [4.78, 5) is 12.1. The second-order valence-electron chi connectivity index (χ2n) is 6.69. The van der Waals surface area contributed by atoms with Crippen molar-refractivity contribution >= 4 is 5.97 Å². The van der Waals surface area contributed by atoms with Crippen molar-refractivity contribution < 1.29 is 19.2 Å². The molecule has 0 radical (unpaired) electrons. The molecule has 1 aromatic heterocycles. The van der Waals surface area contributed by atoms with Crippen molar-refractivity contribution in [2.75, 3.05) is 0 Å². The van der Waals surface area contributed by atoms with Crippen LogP contribution in [0.2, 0.25) is 0 Å². The van der Waals surface area contributed by atoms with Crippen LogP contribution in [0.15, 0.2) is 40.8 Å². The molecule has 0 aliphatic rings. The predicted octanol–water partition coefficient (Wildman–Crippen LogP) is 1.34. The summed E-state index contributed by atoms with van der Waals surface area (Å²) < 4.78 is 5.36. The SMILES string of the molecule is Cc1ccccc1C[NH+](Cc1ccc(C(=O)[O-])o1)C(C)(C)C. The Balaban J connectivity index is 2.20. The van der Waals surface area contributed by atoms with E-state index < -0.39 is 5.97 Å². The Kier molecular flexibility index (Phi) is 4.71. The minimum Gasteiger partial charge on any atom is -0.542 e. The Morgan fingerprint density at radius 1 is 1.14 bits per heavy atom. The van der Waals surface area contributed by atoms with Crippen molar-refractivity contribution in [3.8, 4) is 0 Å². The van der Waals surface area contributed by atoms with Crippen molar-refractivity contribution in [3.63, 3.8) is 0 Å². The molecule has 0 saturated heterocycles. The molecule has 2 rings (SSSR count). The number of aromatic carboxylic acids is 1. The number of carboxylic acid groups (broad SMARTS) is 1. The van der Waals surface area contributed by atoms with E-state index >= 15 is 0 Å². The largest absolute Gasteiger partial charge is 0.542 e. The van der Waals surface area contributed by atoms with E-state index in [1.54, 1.807) is 6.07 Å². The maximum atomic E-state index is 10.8. The van der Waals surface area contributed by atoms with Crippen molar-refractivity contribution in [2.45, 2.75) is 46.3 Å². The standard InChI is InChI=1S/C18H23NO3/c1-13-7-5-6-8-14(13)11-19(18(2,3)4)12-15-9-10-16(22-15)17(20)21/h5-10H,11-12H2,1-4H3,(H,20,21). The van der Waals surface area contributed by atoms with E-state index in [-0.39, 0.29) is 11.3 Å². The molecule has 1 heterocycles. The first-order valence-corrected chi connectivity index (χ1v) is 7.47. The summed E-state index contributed by atoms with van der Waals surface area (Å²) in [6.45, 7) is 10.1. The Morgan fingerprint density at radius 2 is 1.82 bits per heavy atom. The number of carbonyl (C=O) groups is 1. The lowest BCUT2D eigenvalue weighted by Crippen LogP contribution is -3.16. The van der Waals surface area contributed by atoms with Crippen LogP contribution in [0.3, 0.4) is 0 Å². The molecule has 22 heavy (non-hydrogen) atoms. The van der Waals surface area contributed by atoms with Crippen LogP contribution in [0.25, 0.3) is 0 Å². The fourth-order valence-electron chi connectivity index (χ4n) is 2.42. The van der Waals surface area contributed by atoms with Gasteiger partial charge in [-0.2, -0.15) is 0 Å². The minimum atomic E-state index is -1.28. The van der Waals surface area contributed by atoms with Gasteiger partial charge in [0.1, 0.15) is 24.8 Å². The third-order valence-corrected chi connectivity index (χ3v) is 3.98. The Morgan fingerprint density at radius 3 is 2.36 bits per heavy atom. The van der Waals surface area contributed by atoms with Gasteiger partial charge in [0.2, 0.25) is 0 Å². The van der Waals surface area contributed by atoms with Gasteiger partial charge in [-0.3, -0.25) is 0 Å². The van der Waals surface area contributed by atoms with E-state index in [2.05, 4.69) is 39.8 Å². The lowest BCUT2D eigenvalue weighted by atomic mass is 10.0. The van der Waals surface area contributed by atoms with Gasteiger partial charge in [0.05, 0.1) is 5.54 Å². The van der Waals surface area contributed by atoms with Crippen molar-refractivity contribution in [2.24, 2.45) is 0 Å². The van der Waals surface area contributed by atoms with Crippen LogP contribution in [0.1, 0.15) is 48.2 Å². The number of nitrogens with one attached hydrogen (secondary N) is 1. The van der Waals surface area contributed by atoms with E-state index in [1.165, 1.54) is 22.1 Å². The molecule has 118 valence electrons. The predicted molar refractivity (Wildman–Crippen MR) is 82.3 cm³/mol.